The largest absolute Gasteiger partial charge is 0.495 e. The summed E-state index contributed by atoms with van der Waals surface area (Å²) < 4.78 is 7.00. The fourth-order valence-corrected chi connectivity index (χ4v) is 3.44. The summed E-state index contributed by atoms with van der Waals surface area (Å²) in [5.41, 5.74) is 2.03. The summed E-state index contributed by atoms with van der Waals surface area (Å²) in [5, 5.41) is 7.76. The highest BCUT2D eigenvalue weighted by Gasteiger charge is 2.17. The molecule has 1 heterocycles. The molecule has 0 spiro atoms. The monoisotopic (exact) mass is 446 g/mol. The van der Waals surface area contributed by atoms with Gasteiger partial charge in [-0.05, 0) is 37.5 Å². The summed E-state index contributed by atoms with van der Waals surface area (Å²) in [5.74, 6) is 0.410. The zero-order valence-corrected chi connectivity index (χ0v) is 19.6. The number of aryl methyl sites for hydroxylation is 1. The zero-order valence-electron chi connectivity index (χ0n) is 18.8. The number of rotatable bonds is 10. The maximum absolute atomic E-state index is 12.8. The van der Waals surface area contributed by atoms with Gasteiger partial charge in [0.05, 0.1) is 18.5 Å². The van der Waals surface area contributed by atoms with E-state index in [0.717, 1.165) is 12.1 Å². The Bertz CT molecular complexity index is 937. The number of carbonyl (C=O) groups is 2. The molecule has 7 nitrogen and oxygen atoms in total. The van der Waals surface area contributed by atoms with E-state index < -0.39 is 0 Å². The van der Waals surface area contributed by atoms with Crippen molar-refractivity contribution in [2.75, 3.05) is 25.5 Å². The van der Waals surface area contributed by atoms with Crippen molar-refractivity contribution in [3.05, 3.63) is 46.8 Å². The Morgan fingerprint density at radius 1 is 1.32 bits per heavy atom. The summed E-state index contributed by atoms with van der Waals surface area (Å²) in [6, 6.07) is 7.14. The normalized spacial score (nSPS) is 11.2. The average Bonchev–Trinajstić information content (AvgIpc) is 2.98. The molecule has 0 saturated heterocycles. The first kappa shape index (κ1) is 24.5. The molecule has 8 heteroatoms. The van der Waals surface area contributed by atoms with Gasteiger partial charge in [-0.3, -0.25) is 14.3 Å². The second kappa shape index (κ2) is 11.6. The Labute approximate surface area is 189 Å². The molecule has 1 aromatic carbocycles. The Hall–Kier alpha value is -2.80. The van der Waals surface area contributed by atoms with Crippen LogP contribution in [0.15, 0.2) is 30.3 Å². The molecule has 1 aromatic heterocycles. The van der Waals surface area contributed by atoms with Crippen molar-refractivity contribution in [3.63, 3.8) is 0 Å². The van der Waals surface area contributed by atoms with Crippen LogP contribution in [0.1, 0.15) is 38.4 Å². The van der Waals surface area contributed by atoms with E-state index in [1.165, 1.54) is 11.0 Å². The number of amides is 2. The number of hydrogen-bond acceptors (Lipinski definition) is 4. The van der Waals surface area contributed by atoms with E-state index in [2.05, 4.69) is 24.3 Å². The lowest BCUT2D eigenvalue weighted by atomic mass is 10.2. The third-order valence-electron chi connectivity index (χ3n) is 4.56. The van der Waals surface area contributed by atoms with Crippen molar-refractivity contribution in [1.82, 2.24) is 14.7 Å². The summed E-state index contributed by atoms with van der Waals surface area (Å²) in [4.78, 5) is 26.8. The highest BCUT2D eigenvalue weighted by atomic mass is 35.5. The number of carbonyl (C=O) groups excluding carboxylic acids is 2. The van der Waals surface area contributed by atoms with Crippen LogP contribution < -0.4 is 10.1 Å². The van der Waals surface area contributed by atoms with Crippen molar-refractivity contribution in [3.8, 4) is 5.75 Å². The molecule has 0 aliphatic rings. The van der Waals surface area contributed by atoms with E-state index in [9.17, 15) is 9.59 Å². The molecule has 2 aromatic rings. The zero-order chi connectivity index (χ0) is 23.0. The van der Waals surface area contributed by atoms with Gasteiger partial charge in [0.15, 0.2) is 0 Å². The van der Waals surface area contributed by atoms with Crippen LogP contribution in [0.4, 0.5) is 5.69 Å². The summed E-state index contributed by atoms with van der Waals surface area (Å²) in [6.07, 6.45) is 3.85. The number of nitrogens with one attached hydrogen (secondary N) is 1. The van der Waals surface area contributed by atoms with E-state index in [4.69, 9.17) is 16.3 Å². The summed E-state index contributed by atoms with van der Waals surface area (Å²) in [6.45, 7) is 9.09. The topological polar surface area (TPSA) is 76.5 Å². The highest BCUT2D eigenvalue weighted by molar-refractivity contribution is 6.31. The van der Waals surface area contributed by atoms with Gasteiger partial charge < -0.3 is 15.0 Å². The number of para-hydroxylation sites is 2. The van der Waals surface area contributed by atoms with Gasteiger partial charge in [-0.1, -0.05) is 44.5 Å². The van der Waals surface area contributed by atoms with Crippen molar-refractivity contribution in [2.45, 2.75) is 40.7 Å². The minimum atomic E-state index is -0.293. The number of hydrogen-bond donors (Lipinski definition) is 1. The molecule has 1 N–H and O–H groups in total. The number of ether oxygens (including phenoxy) is 1. The number of methoxy groups -OCH3 is 1. The number of anilines is 1. The van der Waals surface area contributed by atoms with Crippen LogP contribution in [0.5, 0.6) is 5.75 Å². The molecule has 0 aliphatic heterocycles. The molecule has 2 amide bonds. The van der Waals surface area contributed by atoms with Crippen molar-refractivity contribution < 1.29 is 14.3 Å². The lowest BCUT2D eigenvalue weighted by molar-refractivity contribution is -0.130. The molecule has 2 rings (SSSR count). The van der Waals surface area contributed by atoms with Crippen LogP contribution in [0.3, 0.4) is 0 Å². The Kier molecular flexibility index (Phi) is 9.12. The Balaban J connectivity index is 2.10. The van der Waals surface area contributed by atoms with Gasteiger partial charge in [0, 0.05) is 24.7 Å². The molecule has 0 atom stereocenters. The third-order valence-corrected chi connectivity index (χ3v) is 4.96. The molecule has 168 valence electrons. The highest BCUT2D eigenvalue weighted by Crippen LogP contribution is 2.23. The Morgan fingerprint density at radius 3 is 2.68 bits per heavy atom. The number of aromatic nitrogens is 2. The molecule has 0 radical (unpaired) electrons. The average molecular weight is 447 g/mol. The molecule has 0 fully saturated rings. The molecule has 0 unspecified atom stereocenters. The summed E-state index contributed by atoms with van der Waals surface area (Å²) in [7, 11) is 1.54. The minimum Gasteiger partial charge on any atom is -0.495 e. The minimum absolute atomic E-state index is 0.0611. The van der Waals surface area contributed by atoms with Gasteiger partial charge >= 0.3 is 0 Å². The smallest absolute Gasteiger partial charge is 0.247 e. The first-order chi connectivity index (χ1) is 14.8. The first-order valence-corrected chi connectivity index (χ1v) is 10.8. The van der Waals surface area contributed by atoms with Crippen molar-refractivity contribution in [1.29, 1.82) is 0 Å². The lowest BCUT2D eigenvalue weighted by Crippen LogP contribution is -2.37. The van der Waals surface area contributed by atoms with Gasteiger partial charge in [-0.25, -0.2) is 0 Å². The number of nitrogens with zero attached hydrogens (tertiary/aromatic N) is 3. The van der Waals surface area contributed by atoms with Gasteiger partial charge in [0.2, 0.25) is 11.8 Å². The molecule has 0 aliphatic carbocycles. The Morgan fingerprint density at radius 2 is 2.03 bits per heavy atom. The third kappa shape index (κ3) is 6.85. The maximum atomic E-state index is 12.8. The SMILES string of the molecule is CCCN(CC(=O)Nc1ccccc1OC)C(=O)/C=C/c1c(C)nn(CC(C)C)c1Cl. The van der Waals surface area contributed by atoms with E-state index in [1.807, 2.05) is 19.9 Å². The van der Waals surface area contributed by atoms with Gasteiger partial charge in [0.1, 0.15) is 17.4 Å². The summed E-state index contributed by atoms with van der Waals surface area (Å²) >= 11 is 6.45. The van der Waals surface area contributed by atoms with Crippen LogP contribution in [-0.4, -0.2) is 46.7 Å². The van der Waals surface area contributed by atoms with E-state index in [0.29, 0.717) is 41.2 Å². The van der Waals surface area contributed by atoms with E-state index in [-0.39, 0.29) is 18.4 Å². The maximum Gasteiger partial charge on any atom is 0.247 e. The molecule has 31 heavy (non-hydrogen) atoms. The van der Waals surface area contributed by atoms with Crippen molar-refractivity contribution in [2.24, 2.45) is 5.92 Å². The van der Waals surface area contributed by atoms with Gasteiger partial charge in [-0.2, -0.15) is 5.10 Å². The van der Waals surface area contributed by atoms with Crippen LogP contribution in [0, 0.1) is 12.8 Å². The quantitative estimate of drug-likeness (QED) is 0.549. The second-order valence-electron chi connectivity index (χ2n) is 7.71. The van der Waals surface area contributed by atoms with Crippen LogP contribution in [0.25, 0.3) is 6.08 Å². The predicted octanol–water partition coefficient (Wildman–Crippen LogP) is 4.40. The van der Waals surface area contributed by atoms with Gasteiger partial charge in [-0.15, -0.1) is 0 Å². The molecule has 0 bridgehead atoms. The van der Waals surface area contributed by atoms with Crippen LogP contribution >= 0.6 is 11.6 Å². The van der Waals surface area contributed by atoms with Crippen LogP contribution in [0.2, 0.25) is 5.15 Å². The van der Waals surface area contributed by atoms with Crippen LogP contribution in [-0.2, 0) is 16.1 Å². The van der Waals surface area contributed by atoms with Gasteiger partial charge in [0.25, 0.3) is 0 Å². The van der Waals surface area contributed by atoms with Crippen molar-refractivity contribution >= 4 is 35.2 Å². The van der Waals surface area contributed by atoms with E-state index >= 15 is 0 Å². The predicted molar refractivity (Wildman–Crippen MR) is 124 cm³/mol. The number of halogens is 1. The molecular formula is C23H31ClN4O3. The standard InChI is InChI=1S/C23H31ClN4O3/c1-6-13-27(15-21(29)25-19-9-7-8-10-20(19)31-5)22(30)12-11-18-17(4)26-28(23(18)24)14-16(2)3/h7-12,16H,6,13-15H2,1-5H3,(H,25,29)/b12-11+. The molecule has 0 saturated carbocycles. The molecular weight excluding hydrogens is 416 g/mol. The van der Waals surface area contributed by atoms with E-state index in [1.54, 1.807) is 36.1 Å². The first-order valence-electron chi connectivity index (χ1n) is 10.4. The lowest BCUT2D eigenvalue weighted by Gasteiger charge is -2.20. The fourth-order valence-electron chi connectivity index (χ4n) is 3.13. The number of benzene rings is 1. The second-order valence-corrected chi connectivity index (χ2v) is 8.07. The fraction of sp³-hybridized carbons (Fsp3) is 0.435.